The van der Waals surface area contributed by atoms with E-state index in [0.29, 0.717) is 62.5 Å². The predicted molar refractivity (Wildman–Crippen MR) is 347 cm³/mol. The minimum Gasteiger partial charge on any atom is -0.490 e. The van der Waals surface area contributed by atoms with Gasteiger partial charge >= 0.3 is 24.4 Å². The molecule has 0 bridgehead atoms. The molecular formula is C68H106N8O16. The quantitative estimate of drug-likeness (QED) is 0.0379. The zero-order valence-corrected chi connectivity index (χ0v) is 57.0. The molecule has 24 heteroatoms. The third-order valence-electron chi connectivity index (χ3n) is 15.7. The molecule has 6 rings (SSSR count). The third kappa shape index (κ3) is 26.1. The van der Waals surface area contributed by atoms with Crippen molar-refractivity contribution in [1.29, 1.82) is 0 Å². The van der Waals surface area contributed by atoms with Crippen LogP contribution in [0.4, 0.5) is 19.2 Å². The highest BCUT2D eigenvalue weighted by atomic mass is 16.6. The average molecular weight is 1290 g/mol. The number of carbonyl (C=O) groups is 8. The van der Waals surface area contributed by atoms with Crippen molar-refractivity contribution in [3.63, 3.8) is 0 Å². The lowest BCUT2D eigenvalue weighted by atomic mass is 9.90. The standard InChI is InChI=1S/C68H106N8O16/c1-41-33-51(57(77)69-43-19-15-23-47(37-43)73-61(81)89-65(3,4)5)55(52(34-41)58(78)70-44-20-16-24-48(38-44)74-62(82)90-66(6,7)8)87-31-29-85-27-28-86-30-32-88-56-53(59(79)71-45-21-17-25-49(39-45)75-63(83)91-67(9,10)11)35-42(2)36-54(56)60(80)72-46-22-18-26-50(40-46)76-64(84)92-68(12,13)14/h33-36,43-50H,15-32,37-40H2,1-14H3,(H,69,77)(H,70,78)(H,71,79)(H,72,80)(H,73,81)(H,74,82)(H,75,83)(H,76,84). The molecule has 24 nitrogen and oxygen atoms in total. The van der Waals surface area contributed by atoms with Crippen molar-refractivity contribution in [2.45, 2.75) is 270 Å². The summed E-state index contributed by atoms with van der Waals surface area (Å²) in [5.74, 6) is -1.61. The number of benzene rings is 2. The summed E-state index contributed by atoms with van der Waals surface area (Å²) in [6.07, 6.45) is 8.44. The number of rotatable bonds is 23. The molecule has 4 saturated carbocycles. The minimum absolute atomic E-state index is 0.0456. The maximum atomic E-state index is 14.4. The van der Waals surface area contributed by atoms with Crippen LogP contribution in [0.3, 0.4) is 0 Å². The second kappa shape index (κ2) is 33.7. The van der Waals surface area contributed by atoms with E-state index in [1.807, 2.05) is 0 Å². The first-order chi connectivity index (χ1) is 43.1. The van der Waals surface area contributed by atoms with Gasteiger partial charge in [-0.25, -0.2) is 19.2 Å². The van der Waals surface area contributed by atoms with Gasteiger partial charge in [0.05, 0.1) is 48.7 Å². The highest BCUT2D eigenvalue weighted by molar-refractivity contribution is 6.05. The van der Waals surface area contributed by atoms with E-state index in [4.69, 9.17) is 37.9 Å². The third-order valence-corrected chi connectivity index (χ3v) is 15.7. The summed E-state index contributed by atoms with van der Waals surface area (Å²) in [6, 6.07) is 4.67. The lowest BCUT2D eigenvalue weighted by molar-refractivity contribution is 0.0269. The number of ether oxygens (including phenoxy) is 8. The molecule has 92 heavy (non-hydrogen) atoms. The van der Waals surface area contributed by atoms with Crippen LogP contribution in [0, 0.1) is 13.8 Å². The number of alkyl carbamates (subject to hydrolysis) is 4. The van der Waals surface area contributed by atoms with Crippen molar-refractivity contribution in [2.75, 3.05) is 39.6 Å². The van der Waals surface area contributed by atoms with Gasteiger partial charge in [0.15, 0.2) is 0 Å². The van der Waals surface area contributed by atoms with Crippen LogP contribution in [0.15, 0.2) is 24.3 Å². The Kier molecular flexibility index (Phi) is 27.1. The maximum absolute atomic E-state index is 14.4. The second-order valence-corrected chi connectivity index (χ2v) is 29.0. The Hall–Kier alpha value is -7.08. The van der Waals surface area contributed by atoms with Crippen molar-refractivity contribution in [1.82, 2.24) is 42.5 Å². The van der Waals surface area contributed by atoms with Gasteiger partial charge in [0, 0.05) is 48.3 Å². The summed E-state index contributed by atoms with van der Waals surface area (Å²) in [7, 11) is 0. The normalized spacial score (nSPS) is 22.0. The Morgan fingerprint density at radius 3 is 0.728 bits per heavy atom. The molecule has 8 unspecified atom stereocenters. The van der Waals surface area contributed by atoms with Crippen molar-refractivity contribution in [2.24, 2.45) is 0 Å². The summed E-state index contributed by atoms with van der Waals surface area (Å²) < 4.78 is 46.6. The van der Waals surface area contributed by atoms with E-state index in [-0.39, 0.29) is 122 Å². The van der Waals surface area contributed by atoms with E-state index in [1.54, 1.807) is 121 Å². The largest absolute Gasteiger partial charge is 0.490 e. The van der Waals surface area contributed by atoms with Gasteiger partial charge < -0.3 is 80.4 Å². The molecule has 514 valence electrons. The number of amides is 8. The smallest absolute Gasteiger partial charge is 0.407 e. The van der Waals surface area contributed by atoms with E-state index in [1.165, 1.54) is 0 Å². The molecular weight excluding hydrogens is 1180 g/mol. The molecule has 0 radical (unpaired) electrons. The summed E-state index contributed by atoms with van der Waals surface area (Å²) in [6.45, 7) is 25.4. The van der Waals surface area contributed by atoms with E-state index < -0.39 is 70.4 Å². The summed E-state index contributed by atoms with van der Waals surface area (Å²) in [4.78, 5) is 108. The Labute approximate surface area is 544 Å². The number of carbonyl (C=O) groups excluding carboxylic acids is 8. The lowest BCUT2D eigenvalue weighted by Crippen LogP contribution is -2.47. The topological polar surface area (TPSA) is 307 Å². The molecule has 8 N–H and O–H groups in total. The van der Waals surface area contributed by atoms with Crippen molar-refractivity contribution < 1.29 is 76.3 Å². The molecule has 2 aromatic carbocycles. The van der Waals surface area contributed by atoms with E-state index in [0.717, 1.165) is 51.4 Å². The zero-order valence-electron chi connectivity index (χ0n) is 57.0. The fraction of sp³-hybridized carbons (Fsp3) is 0.706. The number of aryl methyl sites for hydroxylation is 2. The van der Waals surface area contributed by atoms with Crippen LogP contribution in [0.25, 0.3) is 0 Å². The van der Waals surface area contributed by atoms with Crippen LogP contribution in [-0.2, 0) is 28.4 Å². The van der Waals surface area contributed by atoms with Gasteiger partial charge in [-0.2, -0.15) is 0 Å². The number of nitrogens with one attached hydrogen (secondary N) is 8. The SMILES string of the molecule is Cc1cc(C(=O)NC2CCCC(NC(=O)OC(C)(C)C)C2)c(OCCOCCOCCOc2c(C(=O)NC3CCCC(NC(=O)OC(C)(C)C)C3)cc(C)cc2C(=O)NC2CCCC(NC(=O)OC(C)(C)C)C2)c(C(=O)NC2CCCC(NC(=O)OC(C)(C)C)C2)c1. The first-order valence-electron chi connectivity index (χ1n) is 33.1. The van der Waals surface area contributed by atoms with E-state index >= 15 is 0 Å². The summed E-state index contributed by atoms with van der Waals surface area (Å²) in [5.41, 5.74) is -0.735. The Morgan fingerprint density at radius 1 is 0.326 bits per heavy atom. The molecule has 8 amide bonds. The van der Waals surface area contributed by atoms with Gasteiger partial charge in [-0.05, 0) is 235 Å². The van der Waals surface area contributed by atoms with Gasteiger partial charge in [-0.1, -0.05) is 0 Å². The molecule has 2 aromatic rings. The number of hydrogen-bond acceptors (Lipinski definition) is 16. The Morgan fingerprint density at radius 2 is 0.522 bits per heavy atom. The monoisotopic (exact) mass is 1290 g/mol. The van der Waals surface area contributed by atoms with Crippen LogP contribution in [-0.4, -0.2) is 158 Å². The first-order valence-corrected chi connectivity index (χ1v) is 33.1. The second-order valence-electron chi connectivity index (χ2n) is 29.0. The van der Waals surface area contributed by atoms with Gasteiger partial charge in [0.25, 0.3) is 23.6 Å². The molecule has 0 saturated heterocycles. The molecule has 0 aromatic heterocycles. The van der Waals surface area contributed by atoms with Gasteiger partial charge in [0.2, 0.25) is 0 Å². The molecule has 4 aliphatic rings. The predicted octanol–water partition coefficient (Wildman–Crippen LogP) is 10.1. The molecule has 4 aliphatic carbocycles. The van der Waals surface area contributed by atoms with Crippen molar-refractivity contribution >= 4 is 48.0 Å². The van der Waals surface area contributed by atoms with Gasteiger partial charge in [-0.15, -0.1) is 0 Å². The average Bonchev–Trinajstić information content (AvgIpc) is 0.832. The zero-order chi connectivity index (χ0) is 67.6. The Balaban J connectivity index is 1.10. The maximum Gasteiger partial charge on any atom is 0.407 e. The van der Waals surface area contributed by atoms with Crippen LogP contribution in [0.5, 0.6) is 11.5 Å². The molecule has 0 spiro atoms. The van der Waals surface area contributed by atoms with Crippen LogP contribution in [0.1, 0.15) is 238 Å². The fourth-order valence-corrected chi connectivity index (χ4v) is 12.0. The van der Waals surface area contributed by atoms with Crippen molar-refractivity contribution in [3.8, 4) is 11.5 Å². The molecule has 4 fully saturated rings. The van der Waals surface area contributed by atoms with Gasteiger partial charge in [0.1, 0.15) is 47.1 Å². The molecule has 0 aliphatic heterocycles. The molecule has 8 atom stereocenters. The fourth-order valence-electron chi connectivity index (χ4n) is 12.0. The summed E-state index contributed by atoms with van der Waals surface area (Å²) >= 11 is 0. The van der Waals surface area contributed by atoms with Crippen LogP contribution >= 0.6 is 0 Å². The Bertz CT molecular complexity index is 2500. The van der Waals surface area contributed by atoms with Gasteiger partial charge in [-0.3, -0.25) is 19.2 Å². The lowest BCUT2D eigenvalue weighted by Gasteiger charge is -2.32. The highest BCUT2D eigenvalue weighted by Crippen LogP contribution is 2.32. The summed E-state index contributed by atoms with van der Waals surface area (Å²) in [5, 5.41) is 24.3. The first kappa shape index (κ1) is 74.0. The van der Waals surface area contributed by atoms with E-state index in [2.05, 4.69) is 42.5 Å². The van der Waals surface area contributed by atoms with Crippen LogP contribution < -0.4 is 52.0 Å². The number of hydrogen-bond donors (Lipinski definition) is 8. The van der Waals surface area contributed by atoms with Crippen LogP contribution in [0.2, 0.25) is 0 Å². The highest BCUT2D eigenvalue weighted by Gasteiger charge is 2.34. The van der Waals surface area contributed by atoms with Crippen molar-refractivity contribution in [3.05, 3.63) is 57.6 Å². The molecule has 0 heterocycles. The van der Waals surface area contributed by atoms with E-state index in [9.17, 15) is 38.4 Å². The minimum atomic E-state index is -0.671.